The molecule has 0 bridgehead atoms. The molecule has 0 saturated heterocycles. The van der Waals surface area contributed by atoms with E-state index >= 15 is 0 Å². The van der Waals surface area contributed by atoms with Crippen molar-refractivity contribution >= 4 is 16.9 Å². The zero-order chi connectivity index (χ0) is 17.1. The third-order valence-electron chi connectivity index (χ3n) is 3.97. The van der Waals surface area contributed by atoms with Crippen molar-refractivity contribution < 1.29 is 9.18 Å². The van der Waals surface area contributed by atoms with Gasteiger partial charge in [0, 0.05) is 11.5 Å². The lowest BCUT2D eigenvalue weighted by Crippen LogP contribution is -2.28. The number of benzene rings is 2. The summed E-state index contributed by atoms with van der Waals surface area (Å²) in [5.74, 6) is 0.356. The van der Waals surface area contributed by atoms with Crippen LogP contribution in [-0.2, 0) is 17.9 Å². The van der Waals surface area contributed by atoms with Gasteiger partial charge in [-0.15, -0.1) is 0 Å². The number of nitrogens with zero attached hydrogens (tertiary/aromatic N) is 2. The average molecular weight is 325 g/mol. The fourth-order valence-electron chi connectivity index (χ4n) is 2.60. The highest BCUT2D eigenvalue weighted by Gasteiger charge is 2.14. The molecule has 1 N–H and O–H groups in total. The Balaban J connectivity index is 1.96. The van der Waals surface area contributed by atoms with Crippen molar-refractivity contribution in [3.8, 4) is 0 Å². The van der Waals surface area contributed by atoms with Crippen LogP contribution in [0, 0.1) is 11.7 Å². The summed E-state index contributed by atoms with van der Waals surface area (Å²) in [5, 5.41) is 2.88. The predicted octanol–water partition coefficient (Wildman–Crippen LogP) is 3.50. The smallest absolute Gasteiger partial charge is 0.222 e. The van der Waals surface area contributed by atoms with E-state index in [1.807, 2.05) is 48.7 Å². The number of amides is 1. The van der Waals surface area contributed by atoms with Crippen LogP contribution in [0.25, 0.3) is 11.0 Å². The Bertz CT molecular complexity index is 870. The van der Waals surface area contributed by atoms with Crippen molar-refractivity contribution in [3.63, 3.8) is 0 Å². The highest BCUT2D eigenvalue weighted by atomic mass is 19.1. The predicted molar refractivity (Wildman–Crippen MR) is 91.9 cm³/mol. The third-order valence-corrected chi connectivity index (χ3v) is 3.97. The molecule has 5 heteroatoms. The van der Waals surface area contributed by atoms with Crippen LogP contribution in [0.15, 0.2) is 48.5 Å². The Hall–Kier alpha value is -2.69. The van der Waals surface area contributed by atoms with Gasteiger partial charge in [0.05, 0.1) is 24.1 Å². The molecule has 1 heterocycles. The van der Waals surface area contributed by atoms with E-state index < -0.39 is 0 Å². The number of hydrogen-bond acceptors (Lipinski definition) is 2. The van der Waals surface area contributed by atoms with Gasteiger partial charge in [0.2, 0.25) is 5.91 Å². The van der Waals surface area contributed by atoms with Gasteiger partial charge >= 0.3 is 0 Å². The molecule has 0 aliphatic heterocycles. The molecule has 0 unspecified atom stereocenters. The van der Waals surface area contributed by atoms with Crippen molar-refractivity contribution in [3.05, 3.63) is 65.7 Å². The molecule has 0 aliphatic carbocycles. The normalized spacial score (nSPS) is 11.2. The summed E-state index contributed by atoms with van der Waals surface area (Å²) in [4.78, 5) is 16.4. The summed E-state index contributed by atoms with van der Waals surface area (Å²) in [6, 6.07) is 14.4. The number of para-hydroxylation sites is 2. The summed E-state index contributed by atoms with van der Waals surface area (Å²) in [7, 11) is 0. The number of carbonyl (C=O) groups excluding carboxylic acids is 1. The van der Waals surface area contributed by atoms with E-state index in [0.29, 0.717) is 24.5 Å². The highest BCUT2D eigenvalue weighted by Crippen LogP contribution is 2.19. The van der Waals surface area contributed by atoms with Crippen LogP contribution in [0.2, 0.25) is 0 Å². The molecule has 3 rings (SSSR count). The molecule has 1 aromatic heterocycles. The summed E-state index contributed by atoms with van der Waals surface area (Å²) in [5.41, 5.74) is 2.36. The molecule has 0 radical (unpaired) electrons. The Morgan fingerprint density at radius 2 is 1.88 bits per heavy atom. The zero-order valence-electron chi connectivity index (χ0n) is 13.8. The van der Waals surface area contributed by atoms with Gasteiger partial charge in [-0.05, 0) is 18.2 Å². The lowest BCUT2D eigenvalue weighted by atomic mass is 10.2. The summed E-state index contributed by atoms with van der Waals surface area (Å²) in [6.07, 6.45) is 0. The molecule has 0 fully saturated rings. The molecule has 24 heavy (non-hydrogen) atoms. The van der Waals surface area contributed by atoms with E-state index in [4.69, 9.17) is 0 Å². The SMILES string of the molecule is CC(C)C(=O)NCc1nc2ccccc2n1Cc1ccccc1F. The zero-order valence-corrected chi connectivity index (χ0v) is 13.8. The van der Waals surface area contributed by atoms with Crippen LogP contribution in [0.5, 0.6) is 0 Å². The fraction of sp³-hybridized carbons (Fsp3) is 0.263. The minimum absolute atomic E-state index is 0.0282. The van der Waals surface area contributed by atoms with E-state index in [-0.39, 0.29) is 17.6 Å². The number of rotatable bonds is 5. The molecule has 0 saturated carbocycles. The van der Waals surface area contributed by atoms with Gasteiger partial charge in [-0.3, -0.25) is 4.79 Å². The van der Waals surface area contributed by atoms with Gasteiger partial charge in [0.15, 0.2) is 0 Å². The monoisotopic (exact) mass is 325 g/mol. The minimum atomic E-state index is -0.243. The standard InChI is InChI=1S/C19H20FN3O/c1-13(2)19(24)21-11-18-22-16-9-5-6-10-17(16)23(18)12-14-7-3-4-8-15(14)20/h3-10,13H,11-12H2,1-2H3,(H,21,24). The highest BCUT2D eigenvalue weighted by molar-refractivity contribution is 5.78. The Morgan fingerprint density at radius 1 is 1.17 bits per heavy atom. The lowest BCUT2D eigenvalue weighted by molar-refractivity contribution is -0.124. The van der Waals surface area contributed by atoms with Gasteiger partial charge in [0.25, 0.3) is 0 Å². The van der Waals surface area contributed by atoms with Crippen molar-refractivity contribution in [2.24, 2.45) is 5.92 Å². The fourth-order valence-corrected chi connectivity index (χ4v) is 2.60. The van der Waals surface area contributed by atoms with E-state index in [2.05, 4.69) is 10.3 Å². The number of halogens is 1. The molecule has 0 spiro atoms. The maximum absolute atomic E-state index is 14.0. The molecular formula is C19H20FN3O. The summed E-state index contributed by atoms with van der Waals surface area (Å²) in [6.45, 7) is 4.38. The van der Waals surface area contributed by atoms with Crippen LogP contribution in [0.3, 0.4) is 0 Å². The molecule has 1 amide bonds. The average Bonchev–Trinajstić information content (AvgIpc) is 2.92. The second-order valence-electron chi connectivity index (χ2n) is 6.07. The first-order valence-corrected chi connectivity index (χ1v) is 8.01. The van der Waals surface area contributed by atoms with Crippen LogP contribution in [-0.4, -0.2) is 15.5 Å². The molecule has 0 aliphatic rings. The number of imidazole rings is 1. The van der Waals surface area contributed by atoms with Crippen molar-refractivity contribution in [1.82, 2.24) is 14.9 Å². The number of hydrogen-bond donors (Lipinski definition) is 1. The van der Waals surface area contributed by atoms with E-state index in [0.717, 1.165) is 11.0 Å². The van der Waals surface area contributed by atoms with Crippen LogP contribution >= 0.6 is 0 Å². The molecule has 4 nitrogen and oxygen atoms in total. The van der Waals surface area contributed by atoms with E-state index in [9.17, 15) is 9.18 Å². The second-order valence-corrected chi connectivity index (χ2v) is 6.07. The first-order valence-electron chi connectivity index (χ1n) is 8.01. The van der Waals surface area contributed by atoms with Gasteiger partial charge in [-0.1, -0.05) is 44.2 Å². The maximum atomic E-state index is 14.0. The number of fused-ring (bicyclic) bond motifs is 1. The van der Waals surface area contributed by atoms with Gasteiger partial charge in [0.1, 0.15) is 11.6 Å². The van der Waals surface area contributed by atoms with Gasteiger partial charge in [-0.2, -0.15) is 0 Å². The first kappa shape index (κ1) is 16.2. The Labute approximate surface area is 140 Å². The van der Waals surface area contributed by atoms with E-state index in [1.54, 1.807) is 12.1 Å². The minimum Gasteiger partial charge on any atom is -0.349 e. The van der Waals surface area contributed by atoms with Gasteiger partial charge in [-0.25, -0.2) is 9.37 Å². The molecule has 0 atom stereocenters. The summed E-state index contributed by atoms with van der Waals surface area (Å²) >= 11 is 0. The van der Waals surface area contributed by atoms with Gasteiger partial charge < -0.3 is 9.88 Å². The van der Waals surface area contributed by atoms with Crippen LogP contribution < -0.4 is 5.32 Å². The second kappa shape index (κ2) is 6.83. The Morgan fingerprint density at radius 3 is 2.62 bits per heavy atom. The number of carbonyl (C=O) groups is 1. The quantitative estimate of drug-likeness (QED) is 0.780. The molecule has 3 aromatic rings. The van der Waals surface area contributed by atoms with Crippen LogP contribution in [0.4, 0.5) is 4.39 Å². The van der Waals surface area contributed by atoms with Crippen LogP contribution in [0.1, 0.15) is 25.2 Å². The molecular weight excluding hydrogens is 305 g/mol. The van der Waals surface area contributed by atoms with Crippen molar-refractivity contribution in [1.29, 1.82) is 0 Å². The van der Waals surface area contributed by atoms with E-state index in [1.165, 1.54) is 6.07 Å². The largest absolute Gasteiger partial charge is 0.349 e. The maximum Gasteiger partial charge on any atom is 0.222 e. The van der Waals surface area contributed by atoms with Crippen molar-refractivity contribution in [2.75, 3.05) is 0 Å². The summed E-state index contributed by atoms with van der Waals surface area (Å²) < 4.78 is 16.0. The lowest BCUT2D eigenvalue weighted by Gasteiger charge is -2.12. The topological polar surface area (TPSA) is 46.9 Å². The molecule has 124 valence electrons. The number of aromatic nitrogens is 2. The Kier molecular flexibility index (Phi) is 4.60. The first-order chi connectivity index (χ1) is 11.6. The number of nitrogens with one attached hydrogen (secondary N) is 1. The third kappa shape index (κ3) is 3.30. The van der Waals surface area contributed by atoms with Crippen molar-refractivity contribution in [2.45, 2.75) is 26.9 Å². The molecule has 2 aromatic carbocycles.